The lowest BCUT2D eigenvalue weighted by atomic mass is 9.79. The van der Waals surface area contributed by atoms with E-state index in [4.69, 9.17) is 0 Å². The van der Waals surface area contributed by atoms with E-state index in [2.05, 4.69) is 32.9 Å². The predicted molar refractivity (Wildman–Crippen MR) is 84.3 cm³/mol. The monoisotopic (exact) mass is 266 g/mol. The third-order valence-electron chi connectivity index (χ3n) is 3.69. The zero-order valence-corrected chi connectivity index (χ0v) is 12.7. The van der Waals surface area contributed by atoms with Gasteiger partial charge in [0.2, 0.25) is 0 Å². The van der Waals surface area contributed by atoms with Crippen molar-refractivity contribution < 1.29 is 4.79 Å². The molecule has 0 fully saturated rings. The number of carbonyl (C=O) groups is 1. The van der Waals surface area contributed by atoms with E-state index in [0.29, 0.717) is 0 Å². The van der Waals surface area contributed by atoms with Gasteiger partial charge in [0.05, 0.1) is 0 Å². The summed E-state index contributed by atoms with van der Waals surface area (Å²) in [5.74, 6) is 0.0649. The summed E-state index contributed by atoms with van der Waals surface area (Å²) >= 11 is 0. The third-order valence-corrected chi connectivity index (χ3v) is 3.69. The van der Waals surface area contributed by atoms with Crippen molar-refractivity contribution in [1.82, 2.24) is 0 Å². The number of benzene rings is 2. The van der Waals surface area contributed by atoms with E-state index in [1.54, 1.807) is 0 Å². The van der Waals surface area contributed by atoms with Gasteiger partial charge in [-0.2, -0.15) is 0 Å². The fourth-order valence-electron chi connectivity index (χ4n) is 2.55. The Hall–Kier alpha value is -1.89. The molecule has 0 N–H and O–H groups in total. The maximum absolute atomic E-state index is 12.6. The van der Waals surface area contributed by atoms with Crippen molar-refractivity contribution in [3.05, 3.63) is 71.3 Å². The Morgan fingerprint density at radius 3 is 2.05 bits per heavy atom. The van der Waals surface area contributed by atoms with E-state index in [-0.39, 0.29) is 17.1 Å². The second-order valence-electron chi connectivity index (χ2n) is 6.29. The topological polar surface area (TPSA) is 17.1 Å². The minimum absolute atomic E-state index is 0.0435. The highest BCUT2D eigenvalue weighted by molar-refractivity contribution is 6.00. The quantitative estimate of drug-likeness (QED) is 0.717. The van der Waals surface area contributed by atoms with E-state index in [1.807, 2.05) is 49.4 Å². The van der Waals surface area contributed by atoms with Gasteiger partial charge in [0.15, 0.2) is 5.78 Å². The van der Waals surface area contributed by atoms with E-state index < -0.39 is 0 Å². The van der Waals surface area contributed by atoms with Crippen molar-refractivity contribution in [2.24, 2.45) is 0 Å². The van der Waals surface area contributed by atoms with Gasteiger partial charge in [0, 0.05) is 11.5 Å². The van der Waals surface area contributed by atoms with Gasteiger partial charge >= 0.3 is 0 Å². The average molecular weight is 266 g/mol. The fourth-order valence-corrected chi connectivity index (χ4v) is 2.55. The van der Waals surface area contributed by atoms with E-state index >= 15 is 0 Å². The second kappa shape index (κ2) is 5.62. The molecule has 0 aliphatic heterocycles. The smallest absolute Gasteiger partial charge is 0.170 e. The van der Waals surface area contributed by atoms with Gasteiger partial charge in [-0.3, -0.25) is 4.79 Å². The van der Waals surface area contributed by atoms with Crippen molar-refractivity contribution in [2.75, 3.05) is 0 Å². The Bertz CT molecular complexity index is 591. The van der Waals surface area contributed by atoms with Gasteiger partial charge in [-0.25, -0.2) is 0 Å². The molecule has 1 heteroatoms. The molecule has 0 radical (unpaired) electrons. The average Bonchev–Trinajstić information content (AvgIpc) is 2.46. The number of Topliss-reactive ketones (excluding diaryl/α,β-unsaturated/α-hetero) is 1. The molecule has 0 spiro atoms. The van der Waals surface area contributed by atoms with E-state index in [1.165, 1.54) is 5.56 Å². The Labute approximate surface area is 121 Å². The molecule has 20 heavy (non-hydrogen) atoms. The maximum Gasteiger partial charge on any atom is 0.170 e. The van der Waals surface area contributed by atoms with E-state index in [0.717, 1.165) is 11.1 Å². The molecule has 0 saturated heterocycles. The molecule has 0 saturated carbocycles. The molecule has 2 rings (SSSR count). The fraction of sp³-hybridized carbons (Fsp3) is 0.316. The van der Waals surface area contributed by atoms with Gasteiger partial charge in [-0.1, -0.05) is 82.3 Å². The first-order chi connectivity index (χ1) is 9.41. The lowest BCUT2D eigenvalue weighted by molar-refractivity contribution is 0.0965. The van der Waals surface area contributed by atoms with Crippen LogP contribution in [0.3, 0.4) is 0 Å². The molecule has 1 nitrogen and oxygen atoms in total. The summed E-state index contributed by atoms with van der Waals surface area (Å²) in [5, 5.41) is 0. The number of hydrogen-bond acceptors (Lipinski definition) is 1. The van der Waals surface area contributed by atoms with Crippen LogP contribution >= 0.6 is 0 Å². The summed E-state index contributed by atoms with van der Waals surface area (Å²) in [5.41, 5.74) is 3.20. The first-order valence-corrected chi connectivity index (χ1v) is 7.10. The Morgan fingerprint density at radius 1 is 0.900 bits per heavy atom. The molecular weight excluding hydrogens is 244 g/mol. The lowest BCUT2D eigenvalue weighted by Crippen LogP contribution is -2.18. The first-order valence-electron chi connectivity index (χ1n) is 7.10. The number of rotatable bonds is 3. The molecule has 1 unspecified atom stereocenters. The summed E-state index contributed by atoms with van der Waals surface area (Å²) in [4.78, 5) is 12.6. The predicted octanol–water partition coefficient (Wildman–Crippen LogP) is 4.97. The maximum atomic E-state index is 12.6. The normalized spacial score (nSPS) is 13.0. The lowest BCUT2D eigenvalue weighted by Gasteiger charge is -2.25. The molecule has 0 heterocycles. The van der Waals surface area contributed by atoms with Crippen LogP contribution in [0.2, 0.25) is 0 Å². The summed E-state index contributed by atoms with van der Waals surface area (Å²) in [6.07, 6.45) is 0. The Morgan fingerprint density at radius 2 is 1.45 bits per heavy atom. The van der Waals surface area contributed by atoms with Crippen LogP contribution in [0.4, 0.5) is 0 Å². The number of hydrogen-bond donors (Lipinski definition) is 0. The Kier molecular flexibility index (Phi) is 4.08. The van der Waals surface area contributed by atoms with E-state index in [9.17, 15) is 4.79 Å². The minimum atomic E-state index is -0.118. The summed E-state index contributed by atoms with van der Waals surface area (Å²) in [6.45, 7) is 8.56. The molecule has 104 valence electrons. The van der Waals surface area contributed by atoms with Gasteiger partial charge in [-0.05, 0) is 16.5 Å². The molecule has 0 amide bonds. The van der Waals surface area contributed by atoms with Crippen LogP contribution in [0.1, 0.15) is 55.1 Å². The van der Waals surface area contributed by atoms with Crippen molar-refractivity contribution in [3.8, 4) is 0 Å². The molecule has 1 atom stereocenters. The molecule has 0 bridgehead atoms. The summed E-state index contributed by atoms with van der Waals surface area (Å²) < 4.78 is 0. The van der Waals surface area contributed by atoms with Gasteiger partial charge < -0.3 is 0 Å². The molecule has 2 aromatic rings. The Balaban J connectivity index is 2.40. The van der Waals surface area contributed by atoms with Crippen molar-refractivity contribution >= 4 is 5.78 Å². The third kappa shape index (κ3) is 2.98. The van der Waals surface area contributed by atoms with Crippen LogP contribution in [0.15, 0.2) is 54.6 Å². The summed E-state index contributed by atoms with van der Waals surface area (Å²) in [6, 6.07) is 17.8. The minimum Gasteiger partial charge on any atom is -0.294 e. The van der Waals surface area contributed by atoms with Gasteiger partial charge in [0.1, 0.15) is 0 Å². The molecule has 0 aliphatic carbocycles. The largest absolute Gasteiger partial charge is 0.294 e. The molecule has 0 aliphatic rings. The van der Waals surface area contributed by atoms with Crippen molar-refractivity contribution in [2.45, 2.75) is 39.0 Å². The summed E-state index contributed by atoms with van der Waals surface area (Å²) in [7, 11) is 0. The van der Waals surface area contributed by atoms with Crippen LogP contribution in [0.25, 0.3) is 0 Å². The zero-order chi connectivity index (χ0) is 14.8. The zero-order valence-electron chi connectivity index (χ0n) is 12.7. The highest BCUT2D eigenvalue weighted by Gasteiger charge is 2.24. The highest BCUT2D eigenvalue weighted by Crippen LogP contribution is 2.31. The number of carbonyl (C=O) groups excluding carboxylic acids is 1. The van der Waals surface area contributed by atoms with Crippen LogP contribution < -0.4 is 0 Å². The molecular formula is C19H22O. The van der Waals surface area contributed by atoms with Crippen LogP contribution in [-0.2, 0) is 5.41 Å². The van der Waals surface area contributed by atoms with Gasteiger partial charge in [0.25, 0.3) is 0 Å². The van der Waals surface area contributed by atoms with Crippen molar-refractivity contribution in [3.63, 3.8) is 0 Å². The van der Waals surface area contributed by atoms with Crippen LogP contribution in [0, 0.1) is 0 Å². The standard InChI is InChI=1S/C19H22O/c1-14(18(20)15-10-6-5-7-11-15)16-12-8-9-13-17(16)19(2,3)4/h5-14H,1-4H3. The highest BCUT2D eigenvalue weighted by atomic mass is 16.1. The van der Waals surface area contributed by atoms with Gasteiger partial charge in [-0.15, -0.1) is 0 Å². The first kappa shape index (κ1) is 14.5. The van der Waals surface area contributed by atoms with Crippen LogP contribution in [0.5, 0.6) is 0 Å². The molecule has 0 aromatic heterocycles. The molecule has 2 aromatic carbocycles. The van der Waals surface area contributed by atoms with Crippen molar-refractivity contribution in [1.29, 1.82) is 0 Å². The van der Waals surface area contributed by atoms with Crippen LogP contribution in [-0.4, -0.2) is 5.78 Å². The SMILES string of the molecule is CC(C(=O)c1ccccc1)c1ccccc1C(C)(C)C. The number of ketones is 1. The second-order valence-corrected chi connectivity index (χ2v) is 6.29.